The highest BCUT2D eigenvalue weighted by atomic mass is 16.5. The van der Waals surface area contributed by atoms with Crippen molar-refractivity contribution in [3.05, 3.63) is 29.3 Å². The summed E-state index contributed by atoms with van der Waals surface area (Å²) in [6.07, 6.45) is 2.08. The number of benzene rings is 1. The molecular formula is C16H28N2O. The topological polar surface area (TPSA) is 33.3 Å². The van der Waals surface area contributed by atoms with Crippen LogP contribution in [0.2, 0.25) is 0 Å². The maximum Gasteiger partial charge on any atom is 0.122 e. The van der Waals surface area contributed by atoms with Gasteiger partial charge in [-0.2, -0.15) is 0 Å². The van der Waals surface area contributed by atoms with Crippen LogP contribution in [0.5, 0.6) is 5.75 Å². The number of hydrogen-bond donors (Lipinski definition) is 2. The van der Waals surface area contributed by atoms with E-state index in [2.05, 4.69) is 49.6 Å². The van der Waals surface area contributed by atoms with E-state index >= 15 is 0 Å². The van der Waals surface area contributed by atoms with Crippen molar-refractivity contribution in [1.82, 2.24) is 10.6 Å². The van der Waals surface area contributed by atoms with Crippen LogP contribution < -0.4 is 15.4 Å². The zero-order valence-corrected chi connectivity index (χ0v) is 12.8. The first-order valence-corrected chi connectivity index (χ1v) is 7.27. The van der Waals surface area contributed by atoms with Crippen LogP contribution in [0.25, 0.3) is 0 Å². The zero-order valence-electron chi connectivity index (χ0n) is 12.8. The number of nitrogens with one attached hydrogen (secondary N) is 2. The summed E-state index contributed by atoms with van der Waals surface area (Å²) in [4.78, 5) is 0. The highest BCUT2D eigenvalue weighted by molar-refractivity contribution is 5.37. The van der Waals surface area contributed by atoms with E-state index in [1.807, 2.05) is 0 Å². The molecule has 19 heavy (non-hydrogen) atoms. The first-order valence-electron chi connectivity index (χ1n) is 7.27. The molecular weight excluding hydrogens is 236 g/mol. The van der Waals surface area contributed by atoms with Crippen molar-refractivity contribution in [3.8, 4) is 5.75 Å². The van der Waals surface area contributed by atoms with Gasteiger partial charge in [0, 0.05) is 19.1 Å². The van der Waals surface area contributed by atoms with Gasteiger partial charge in [-0.25, -0.2) is 0 Å². The second-order valence-corrected chi connectivity index (χ2v) is 5.11. The quantitative estimate of drug-likeness (QED) is 0.672. The van der Waals surface area contributed by atoms with E-state index < -0.39 is 0 Å². The Morgan fingerprint density at radius 1 is 1.16 bits per heavy atom. The first kappa shape index (κ1) is 16.0. The SMILES string of the molecule is CCc1cc(CCNCCNC(C)C)ccc1OC. The summed E-state index contributed by atoms with van der Waals surface area (Å²) in [6, 6.07) is 7.06. The minimum atomic E-state index is 0.565. The molecule has 0 unspecified atom stereocenters. The van der Waals surface area contributed by atoms with Crippen LogP contribution in [0.4, 0.5) is 0 Å². The van der Waals surface area contributed by atoms with Gasteiger partial charge < -0.3 is 15.4 Å². The molecule has 0 fully saturated rings. The van der Waals surface area contributed by atoms with Crippen LogP contribution in [0.3, 0.4) is 0 Å². The summed E-state index contributed by atoms with van der Waals surface area (Å²) in [6.45, 7) is 9.58. The van der Waals surface area contributed by atoms with E-state index in [0.717, 1.165) is 38.2 Å². The van der Waals surface area contributed by atoms with Gasteiger partial charge in [0.2, 0.25) is 0 Å². The van der Waals surface area contributed by atoms with Gasteiger partial charge in [-0.05, 0) is 36.6 Å². The molecule has 0 atom stereocenters. The lowest BCUT2D eigenvalue weighted by Crippen LogP contribution is -2.32. The molecule has 0 saturated heterocycles. The molecule has 0 saturated carbocycles. The fraction of sp³-hybridized carbons (Fsp3) is 0.625. The molecule has 3 heteroatoms. The van der Waals surface area contributed by atoms with E-state index in [1.54, 1.807) is 7.11 Å². The fourth-order valence-electron chi connectivity index (χ4n) is 2.07. The molecule has 0 amide bonds. The Morgan fingerprint density at radius 2 is 1.95 bits per heavy atom. The predicted molar refractivity (Wildman–Crippen MR) is 82.1 cm³/mol. The third-order valence-electron chi connectivity index (χ3n) is 3.17. The van der Waals surface area contributed by atoms with Crippen LogP contribution in [0.1, 0.15) is 31.9 Å². The Bertz CT molecular complexity index is 364. The molecule has 0 aliphatic rings. The van der Waals surface area contributed by atoms with Crippen molar-refractivity contribution in [3.63, 3.8) is 0 Å². The van der Waals surface area contributed by atoms with Gasteiger partial charge >= 0.3 is 0 Å². The number of methoxy groups -OCH3 is 1. The molecule has 1 rings (SSSR count). The average Bonchev–Trinajstić information content (AvgIpc) is 2.42. The Hall–Kier alpha value is -1.06. The summed E-state index contributed by atoms with van der Waals surface area (Å²) in [5, 5.41) is 6.86. The Labute approximate surface area is 117 Å². The lowest BCUT2D eigenvalue weighted by Gasteiger charge is -2.11. The molecule has 0 radical (unpaired) electrons. The summed E-state index contributed by atoms with van der Waals surface area (Å²) in [7, 11) is 1.73. The van der Waals surface area contributed by atoms with Crippen molar-refractivity contribution < 1.29 is 4.74 Å². The zero-order chi connectivity index (χ0) is 14.1. The Balaban J connectivity index is 2.29. The maximum atomic E-state index is 5.35. The van der Waals surface area contributed by atoms with Crippen molar-refractivity contribution in [2.45, 2.75) is 39.7 Å². The lowest BCUT2D eigenvalue weighted by atomic mass is 10.1. The smallest absolute Gasteiger partial charge is 0.122 e. The lowest BCUT2D eigenvalue weighted by molar-refractivity contribution is 0.410. The minimum absolute atomic E-state index is 0.565. The monoisotopic (exact) mass is 264 g/mol. The van der Waals surface area contributed by atoms with Gasteiger partial charge in [-0.3, -0.25) is 0 Å². The highest BCUT2D eigenvalue weighted by Crippen LogP contribution is 2.20. The van der Waals surface area contributed by atoms with E-state index in [4.69, 9.17) is 4.74 Å². The normalized spacial score (nSPS) is 11.0. The molecule has 2 N–H and O–H groups in total. The van der Waals surface area contributed by atoms with Crippen LogP contribution in [0, 0.1) is 0 Å². The first-order chi connectivity index (χ1) is 9.17. The van der Waals surface area contributed by atoms with Gasteiger partial charge in [0.15, 0.2) is 0 Å². The van der Waals surface area contributed by atoms with Gasteiger partial charge in [0.1, 0.15) is 5.75 Å². The van der Waals surface area contributed by atoms with Crippen molar-refractivity contribution >= 4 is 0 Å². The van der Waals surface area contributed by atoms with Gasteiger partial charge in [-0.15, -0.1) is 0 Å². The Kier molecular flexibility index (Phi) is 7.53. The number of ether oxygens (including phenoxy) is 1. The van der Waals surface area contributed by atoms with Crippen LogP contribution in [0.15, 0.2) is 18.2 Å². The highest BCUT2D eigenvalue weighted by Gasteiger charge is 2.02. The van der Waals surface area contributed by atoms with Gasteiger partial charge in [-0.1, -0.05) is 32.9 Å². The average molecular weight is 264 g/mol. The standard InChI is InChI=1S/C16H28N2O/c1-5-15-12-14(6-7-16(15)19-4)8-9-17-10-11-18-13(2)3/h6-7,12-13,17-18H,5,8-11H2,1-4H3. The van der Waals surface area contributed by atoms with Crippen LogP contribution in [-0.2, 0) is 12.8 Å². The predicted octanol–water partition coefficient (Wildman–Crippen LogP) is 2.39. The summed E-state index contributed by atoms with van der Waals surface area (Å²) in [5.74, 6) is 1.00. The molecule has 3 nitrogen and oxygen atoms in total. The summed E-state index contributed by atoms with van der Waals surface area (Å²) < 4.78 is 5.35. The second kappa shape index (κ2) is 8.94. The maximum absolute atomic E-state index is 5.35. The molecule has 0 heterocycles. The molecule has 0 aromatic heterocycles. The van der Waals surface area contributed by atoms with Crippen molar-refractivity contribution in [2.24, 2.45) is 0 Å². The number of aryl methyl sites for hydroxylation is 1. The van der Waals surface area contributed by atoms with E-state index in [9.17, 15) is 0 Å². The summed E-state index contributed by atoms with van der Waals surface area (Å²) >= 11 is 0. The largest absolute Gasteiger partial charge is 0.496 e. The molecule has 1 aromatic rings. The second-order valence-electron chi connectivity index (χ2n) is 5.11. The van der Waals surface area contributed by atoms with E-state index in [-0.39, 0.29) is 0 Å². The fourth-order valence-corrected chi connectivity index (χ4v) is 2.07. The molecule has 1 aromatic carbocycles. The third-order valence-corrected chi connectivity index (χ3v) is 3.17. The van der Waals surface area contributed by atoms with E-state index in [1.165, 1.54) is 11.1 Å². The number of hydrogen-bond acceptors (Lipinski definition) is 3. The van der Waals surface area contributed by atoms with Crippen LogP contribution in [-0.4, -0.2) is 32.8 Å². The van der Waals surface area contributed by atoms with Crippen molar-refractivity contribution in [1.29, 1.82) is 0 Å². The molecule has 108 valence electrons. The minimum Gasteiger partial charge on any atom is -0.496 e. The molecule has 0 bridgehead atoms. The van der Waals surface area contributed by atoms with Gasteiger partial charge in [0.05, 0.1) is 7.11 Å². The molecule has 0 spiro atoms. The Morgan fingerprint density at radius 3 is 2.58 bits per heavy atom. The third kappa shape index (κ3) is 6.08. The van der Waals surface area contributed by atoms with E-state index in [0.29, 0.717) is 6.04 Å². The van der Waals surface area contributed by atoms with Crippen molar-refractivity contribution in [2.75, 3.05) is 26.7 Å². The van der Waals surface area contributed by atoms with Gasteiger partial charge in [0.25, 0.3) is 0 Å². The number of rotatable bonds is 9. The van der Waals surface area contributed by atoms with Crippen LogP contribution >= 0.6 is 0 Å². The summed E-state index contributed by atoms with van der Waals surface area (Å²) in [5.41, 5.74) is 2.67. The molecule has 0 aliphatic carbocycles. The molecule has 0 aliphatic heterocycles.